The molecule has 2 aromatic carbocycles. The zero-order chi connectivity index (χ0) is 12.9. The molecule has 0 saturated heterocycles. The molecule has 0 radical (unpaired) electrons. The van der Waals surface area contributed by atoms with Gasteiger partial charge in [-0.25, -0.2) is 4.79 Å². The molecule has 3 aromatic rings. The molecular weight excluding hydrogens is 236 g/mol. The molecule has 0 aliphatic rings. The van der Waals surface area contributed by atoms with Crippen molar-refractivity contribution in [3.05, 3.63) is 40.8 Å². The molecule has 0 atom stereocenters. The van der Waals surface area contributed by atoms with Crippen LogP contribution in [0.4, 0.5) is 0 Å². The second-order valence-electron chi connectivity index (χ2n) is 3.90. The Morgan fingerprint density at radius 3 is 2.22 bits per heavy atom. The zero-order valence-corrected chi connectivity index (χ0v) is 9.04. The quantitative estimate of drug-likeness (QED) is 0.320. The van der Waals surface area contributed by atoms with Crippen LogP contribution in [-0.4, -0.2) is 15.3 Å². The first-order valence-corrected chi connectivity index (χ1v) is 5.19. The number of para-hydroxylation sites is 1. The van der Waals surface area contributed by atoms with E-state index in [4.69, 9.17) is 4.42 Å². The van der Waals surface area contributed by atoms with Crippen molar-refractivity contribution < 1.29 is 19.7 Å². The van der Waals surface area contributed by atoms with E-state index in [9.17, 15) is 20.1 Å². The summed E-state index contributed by atoms with van der Waals surface area (Å²) in [4.78, 5) is 11.8. The average molecular weight is 244 g/mol. The molecule has 18 heavy (non-hydrogen) atoms. The lowest BCUT2D eigenvalue weighted by Gasteiger charge is -2.06. The lowest BCUT2D eigenvalue weighted by Crippen LogP contribution is -2.00. The standard InChI is InChI=1S/C13H8O5/c14-7-4-5-8(15)11-10(7)6-2-1-3-9(16)12(6)18-13(11)17/h1-5,14-16H. The van der Waals surface area contributed by atoms with Crippen LogP contribution in [0.1, 0.15) is 0 Å². The molecule has 5 heteroatoms. The average Bonchev–Trinajstić information content (AvgIpc) is 2.34. The predicted octanol–water partition coefficient (Wildman–Crippen LogP) is 2.06. The summed E-state index contributed by atoms with van der Waals surface area (Å²) in [5, 5.41) is 29.6. The van der Waals surface area contributed by atoms with Crippen LogP contribution in [0.15, 0.2) is 39.5 Å². The van der Waals surface area contributed by atoms with Crippen LogP contribution in [0.25, 0.3) is 21.7 Å². The van der Waals surface area contributed by atoms with Crippen molar-refractivity contribution in [3.63, 3.8) is 0 Å². The third-order valence-electron chi connectivity index (χ3n) is 2.82. The number of phenols is 3. The van der Waals surface area contributed by atoms with Crippen LogP contribution in [0.3, 0.4) is 0 Å². The molecule has 0 unspecified atom stereocenters. The first-order valence-electron chi connectivity index (χ1n) is 5.19. The van der Waals surface area contributed by atoms with E-state index in [-0.39, 0.29) is 33.6 Å². The van der Waals surface area contributed by atoms with Crippen molar-refractivity contribution in [1.82, 2.24) is 0 Å². The van der Waals surface area contributed by atoms with E-state index in [1.165, 1.54) is 18.2 Å². The van der Waals surface area contributed by atoms with Crippen LogP contribution in [0.2, 0.25) is 0 Å². The van der Waals surface area contributed by atoms with Gasteiger partial charge < -0.3 is 19.7 Å². The SMILES string of the molecule is O=c1oc2c(O)cccc2c2c(O)ccc(O)c12. The van der Waals surface area contributed by atoms with Gasteiger partial charge in [-0.1, -0.05) is 12.1 Å². The van der Waals surface area contributed by atoms with Gasteiger partial charge in [0.25, 0.3) is 0 Å². The topological polar surface area (TPSA) is 90.9 Å². The molecule has 0 bridgehead atoms. The van der Waals surface area contributed by atoms with Gasteiger partial charge in [0.15, 0.2) is 11.3 Å². The molecule has 3 N–H and O–H groups in total. The largest absolute Gasteiger partial charge is 0.507 e. The van der Waals surface area contributed by atoms with Crippen LogP contribution in [0, 0.1) is 0 Å². The Bertz CT molecular complexity index is 832. The maximum atomic E-state index is 11.8. The maximum Gasteiger partial charge on any atom is 0.348 e. The van der Waals surface area contributed by atoms with E-state index in [0.717, 1.165) is 0 Å². The fourth-order valence-electron chi connectivity index (χ4n) is 2.03. The maximum absolute atomic E-state index is 11.8. The zero-order valence-electron chi connectivity index (χ0n) is 9.04. The molecule has 1 heterocycles. The molecule has 5 nitrogen and oxygen atoms in total. The molecule has 1 aromatic heterocycles. The molecule has 0 aliphatic carbocycles. The monoisotopic (exact) mass is 244 g/mol. The van der Waals surface area contributed by atoms with Crippen LogP contribution < -0.4 is 5.63 Å². The van der Waals surface area contributed by atoms with E-state index in [1.54, 1.807) is 12.1 Å². The molecule has 0 amide bonds. The molecule has 0 saturated carbocycles. The van der Waals surface area contributed by atoms with E-state index in [2.05, 4.69) is 0 Å². The lowest BCUT2D eigenvalue weighted by molar-refractivity contribution is 0.453. The summed E-state index contributed by atoms with van der Waals surface area (Å²) < 4.78 is 4.96. The highest BCUT2D eigenvalue weighted by Crippen LogP contribution is 2.36. The Balaban J connectivity index is 2.75. The lowest BCUT2D eigenvalue weighted by atomic mass is 10.1. The molecular formula is C13H8O5. The van der Waals surface area contributed by atoms with Crippen molar-refractivity contribution in [2.45, 2.75) is 0 Å². The third kappa shape index (κ3) is 1.24. The number of phenolic OH excluding ortho intramolecular Hbond substituents is 3. The fourth-order valence-corrected chi connectivity index (χ4v) is 2.03. The summed E-state index contributed by atoms with van der Waals surface area (Å²) in [6.07, 6.45) is 0. The summed E-state index contributed by atoms with van der Waals surface area (Å²) >= 11 is 0. The second-order valence-corrected chi connectivity index (χ2v) is 3.90. The minimum atomic E-state index is -0.813. The summed E-state index contributed by atoms with van der Waals surface area (Å²) in [5.74, 6) is -0.637. The number of fused-ring (bicyclic) bond motifs is 3. The van der Waals surface area contributed by atoms with E-state index in [0.29, 0.717) is 5.39 Å². The Kier molecular flexibility index (Phi) is 1.98. The first-order chi connectivity index (χ1) is 8.59. The number of aromatic hydroxyl groups is 3. The van der Waals surface area contributed by atoms with Crippen molar-refractivity contribution in [3.8, 4) is 17.2 Å². The molecule has 90 valence electrons. The number of hydrogen-bond acceptors (Lipinski definition) is 5. The fraction of sp³-hybridized carbons (Fsp3) is 0. The molecule has 0 spiro atoms. The van der Waals surface area contributed by atoms with Crippen molar-refractivity contribution in [1.29, 1.82) is 0 Å². The number of rotatable bonds is 0. The van der Waals surface area contributed by atoms with Gasteiger partial charge >= 0.3 is 5.63 Å². The van der Waals surface area contributed by atoms with E-state index in [1.807, 2.05) is 0 Å². The minimum absolute atomic E-state index is 0.0177. The van der Waals surface area contributed by atoms with Gasteiger partial charge in [-0.15, -0.1) is 0 Å². The summed E-state index contributed by atoms with van der Waals surface area (Å²) in [6.45, 7) is 0. The number of benzene rings is 2. The first kappa shape index (κ1) is 10.5. The normalized spacial score (nSPS) is 11.1. The predicted molar refractivity (Wildman–Crippen MR) is 65.0 cm³/mol. The van der Waals surface area contributed by atoms with Gasteiger partial charge in [0.1, 0.15) is 16.9 Å². The molecule has 0 aliphatic heterocycles. The number of hydrogen-bond donors (Lipinski definition) is 3. The molecule has 0 fully saturated rings. The van der Waals surface area contributed by atoms with Gasteiger partial charge in [0, 0.05) is 10.8 Å². The summed E-state index contributed by atoms with van der Waals surface area (Å²) in [6, 6.07) is 7.00. The Morgan fingerprint density at radius 1 is 0.833 bits per heavy atom. The van der Waals surface area contributed by atoms with Crippen molar-refractivity contribution >= 4 is 21.7 Å². The van der Waals surface area contributed by atoms with Gasteiger partial charge in [0.2, 0.25) is 0 Å². The van der Waals surface area contributed by atoms with Crippen LogP contribution in [-0.2, 0) is 0 Å². The van der Waals surface area contributed by atoms with E-state index >= 15 is 0 Å². The van der Waals surface area contributed by atoms with Crippen molar-refractivity contribution in [2.24, 2.45) is 0 Å². The van der Waals surface area contributed by atoms with Crippen LogP contribution >= 0.6 is 0 Å². The van der Waals surface area contributed by atoms with Crippen molar-refractivity contribution in [2.75, 3.05) is 0 Å². The Morgan fingerprint density at radius 2 is 1.50 bits per heavy atom. The Labute approximate surface area is 100 Å². The van der Waals surface area contributed by atoms with Crippen LogP contribution in [0.5, 0.6) is 17.2 Å². The Hall–Kier alpha value is -2.69. The highest BCUT2D eigenvalue weighted by atomic mass is 16.4. The minimum Gasteiger partial charge on any atom is -0.507 e. The van der Waals surface area contributed by atoms with Gasteiger partial charge in [-0.05, 0) is 18.2 Å². The second kappa shape index (κ2) is 3.40. The van der Waals surface area contributed by atoms with E-state index < -0.39 is 5.63 Å². The van der Waals surface area contributed by atoms with Gasteiger partial charge in [-0.2, -0.15) is 0 Å². The smallest absolute Gasteiger partial charge is 0.348 e. The summed E-state index contributed by atoms with van der Waals surface area (Å²) in [7, 11) is 0. The third-order valence-corrected chi connectivity index (χ3v) is 2.82. The highest BCUT2D eigenvalue weighted by molar-refractivity contribution is 6.10. The van der Waals surface area contributed by atoms with Gasteiger partial charge in [-0.3, -0.25) is 0 Å². The highest BCUT2D eigenvalue weighted by Gasteiger charge is 2.16. The molecule has 3 rings (SSSR count). The van der Waals surface area contributed by atoms with Gasteiger partial charge in [0.05, 0.1) is 0 Å². The summed E-state index contributed by atoms with van der Waals surface area (Å²) in [5.41, 5.74) is -0.830.